The third kappa shape index (κ3) is 4.23. The molecule has 0 aliphatic heterocycles. The zero-order valence-corrected chi connectivity index (χ0v) is 13.3. The molecule has 0 aromatic heterocycles. The fourth-order valence-corrected chi connectivity index (χ4v) is 2.42. The molecule has 0 saturated carbocycles. The number of para-hydroxylation sites is 2. The summed E-state index contributed by atoms with van der Waals surface area (Å²) in [6.07, 6.45) is 0.800. The van der Waals surface area contributed by atoms with Crippen LogP contribution in [0.25, 0.3) is 0 Å². The molecule has 0 heterocycles. The van der Waals surface area contributed by atoms with Crippen molar-refractivity contribution in [2.24, 2.45) is 0 Å². The van der Waals surface area contributed by atoms with Crippen molar-refractivity contribution < 1.29 is 9.53 Å². The number of hydrogen-bond acceptors (Lipinski definition) is 2. The molecule has 1 amide bonds. The zero-order chi connectivity index (χ0) is 16.6. The van der Waals surface area contributed by atoms with Gasteiger partial charge in [0, 0.05) is 6.54 Å². The Balaban J connectivity index is 1.64. The van der Waals surface area contributed by atoms with E-state index < -0.39 is 0 Å². The van der Waals surface area contributed by atoms with E-state index in [2.05, 4.69) is 17.4 Å². The van der Waals surface area contributed by atoms with E-state index in [1.54, 1.807) is 12.1 Å². The maximum atomic E-state index is 12.5. The SMILES string of the molecule is O=C(NCCc1ccccc1)c1ccccc1Oc1ccccc1. The fraction of sp³-hybridized carbons (Fsp3) is 0.0952. The molecule has 0 saturated heterocycles. The third-order valence-corrected chi connectivity index (χ3v) is 3.64. The Labute approximate surface area is 141 Å². The normalized spacial score (nSPS) is 10.2. The summed E-state index contributed by atoms with van der Waals surface area (Å²) in [6.45, 7) is 0.586. The summed E-state index contributed by atoms with van der Waals surface area (Å²) >= 11 is 0. The van der Waals surface area contributed by atoms with Gasteiger partial charge in [-0.2, -0.15) is 0 Å². The topological polar surface area (TPSA) is 38.3 Å². The Morgan fingerprint density at radius 1 is 0.792 bits per heavy atom. The maximum absolute atomic E-state index is 12.5. The second-order valence-corrected chi connectivity index (χ2v) is 5.40. The van der Waals surface area contributed by atoms with Gasteiger partial charge in [0.1, 0.15) is 11.5 Å². The predicted molar refractivity (Wildman–Crippen MR) is 95.4 cm³/mol. The molecule has 0 unspecified atom stereocenters. The molecule has 3 heteroatoms. The second kappa shape index (κ2) is 7.97. The van der Waals surface area contributed by atoms with Crippen molar-refractivity contribution in [3.05, 3.63) is 96.1 Å². The molecule has 1 N–H and O–H groups in total. The summed E-state index contributed by atoms with van der Waals surface area (Å²) in [7, 11) is 0. The molecule has 0 fully saturated rings. The highest BCUT2D eigenvalue weighted by molar-refractivity contribution is 5.97. The number of nitrogens with one attached hydrogen (secondary N) is 1. The molecule has 24 heavy (non-hydrogen) atoms. The van der Waals surface area contributed by atoms with E-state index in [1.165, 1.54) is 5.56 Å². The van der Waals surface area contributed by atoms with Crippen molar-refractivity contribution in [3.8, 4) is 11.5 Å². The first kappa shape index (κ1) is 15.8. The number of carbonyl (C=O) groups excluding carboxylic acids is 1. The van der Waals surface area contributed by atoms with E-state index in [9.17, 15) is 4.79 Å². The molecular formula is C21H19NO2. The summed E-state index contributed by atoms with van der Waals surface area (Å²) in [5.74, 6) is 1.14. The van der Waals surface area contributed by atoms with Gasteiger partial charge in [0.15, 0.2) is 0 Å². The van der Waals surface area contributed by atoms with Gasteiger partial charge in [0.2, 0.25) is 0 Å². The summed E-state index contributed by atoms with van der Waals surface area (Å²) in [5.41, 5.74) is 1.74. The van der Waals surface area contributed by atoms with E-state index in [0.717, 1.165) is 6.42 Å². The molecule has 0 atom stereocenters. The van der Waals surface area contributed by atoms with E-state index in [4.69, 9.17) is 4.74 Å². The highest BCUT2D eigenvalue weighted by atomic mass is 16.5. The van der Waals surface area contributed by atoms with Crippen molar-refractivity contribution in [2.45, 2.75) is 6.42 Å². The van der Waals surface area contributed by atoms with Crippen LogP contribution < -0.4 is 10.1 Å². The summed E-state index contributed by atoms with van der Waals surface area (Å²) in [4.78, 5) is 12.5. The minimum absolute atomic E-state index is 0.127. The van der Waals surface area contributed by atoms with Gasteiger partial charge in [-0.1, -0.05) is 60.7 Å². The Bertz CT molecular complexity index is 785. The van der Waals surface area contributed by atoms with Gasteiger partial charge >= 0.3 is 0 Å². The van der Waals surface area contributed by atoms with Gasteiger partial charge in [-0.3, -0.25) is 4.79 Å². The summed E-state index contributed by atoms with van der Waals surface area (Å²) in [5, 5.41) is 2.95. The van der Waals surface area contributed by atoms with Gasteiger partial charge in [-0.15, -0.1) is 0 Å². The average Bonchev–Trinajstić information content (AvgIpc) is 2.64. The average molecular weight is 317 g/mol. The molecule has 0 bridgehead atoms. The van der Waals surface area contributed by atoms with E-state index in [1.807, 2.05) is 60.7 Å². The number of amides is 1. The lowest BCUT2D eigenvalue weighted by Gasteiger charge is -2.11. The minimum Gasteiger partial charge on any atom is -0.457 e. The van der Waals surface area contributed by atoms with Crippen molar-refractivity contribution in [3.63, 3.8) is 0 Å². The fourth-order valence-electron chi connectivity index (χ4n) is 2.42. The van der Waals surface area contributed by atoms with Crippen LogP contribution in [0.3, 0.4) is 0 Å². The summed E-state index contributed by atoms with van der Waals surface area (Å²) < 4.78 is 5.83. The van der Waals surface area contributed by atoms with Gasteiger partial charge in [-0.25, -0.2) is 0 Å². The summed E-state index contributed by atoms with van der Waals surface area (Å²) in [6, 6.07) is 26.8. The first-order valence-corrected chi connectivity index (χ1v) is 7.97. The molecule has 3 rings (SSSR count). The van der Waals surface area contributed by atoms with Crippen LogP contribution in [0.5, 0.6) is 11.5 Å². The van der Waals surface area contributed by atoms with Crippen LogP contribution >= 0.6 is 0 Å². The van der Waals surface area contributed by atoms with Crippen LogP contribution in [-0.4, -0.2) is 12.5 Å². The predicted octanol–water partition coefficient (Wildman–Crippen LogP) is 4.45. The molecule has 0 aliphatic carbocycles. The minimum atomic E-state index is -0.127. The monoisotopic (exact) mass is 317 g/mol. The van der Waals surface area contributed by atoms with Gasteiger partial charge in [-0.05, 0) is 36.2 Å². The molecule has 0 spiro atoms. The highest BCUT2D eigenvalue weighted by Gasteiger charge is 2.12. The number of rotatable bonds is 6. The van der Waals surface area contributed by atoms with Gasteiger partial charge in [0.25, 0.3) is 5.91 Å². The molecule has 3 aromatic rings. The lowest BCUT2D eigenvalue weighted by atomic mass is 10.1. The Morgan fingerprint density at radius 3 is 2.17 bits per heavy atom. The van der Waals surface area contributed by atoms with Crippen LogP contribution in [0.4, 0.5) is 0 Å². The largest absolute Gasteiger partial charge is 0.457 e. The van der Waals surface area contributed by atoms with E-state index in [0.29, 0.717) is 23.6 Å². The quantitative estimate of drug-likeness (QED) is 0.729. The van der Waals surface area contributed by atoms with Crippen LogP contribution in [0, 0.1) is 0 Å². The number of benzene rings is 3. The lowest BCUT2D eigenvalue weighted by Crippen LogP contribution is -2.26. The Hall–Kier alpha value is -3.07. The van der Waals surface area contributed by atoms with Crippen molar-refractivity contribution in [1.29, 1.82) is 0 Å². The van der Waals surface area contributed by atoms with Crippen molar-refractivity contribution in [2.75, 3.05) is 6.54 Å². The van der Waals surface area contributed by atoms with E-state index in [-0.39, 0.29) is 5.91 Å². The first-order chi connectivity index (χ1) is 11.8. The molecule has 120 valence electrons. The number of hydrogen-bond donors (Lipinski definition) is 1. The van der Waals surface area contributed by atoms with Crippen LogP contribution in [0.15, 0.2) is 84.9 Å². The van der Waals surface area contributed by atoms with Crippen molar-refractivity contribution >= 4 is 5.91 Å². The third-order valence-electron chi connectivity index (χ3n) is 3.64. The number of carbonyl (C=O) groups is 1. The lowest BCUT2D eigenvalue weighted by molar-refractivity contribution is 0.0952. The maximum Gasteiger partial charge on any atom is 0.255 e. The molecule has 3 aromatic carbocycles. The first-order valence-electron chi connectivity index (χ1n) is 7.97. The smallest absolute Gasteiger partial charge is 0.255 e. The zero-order valence-electron chi connectivity index (χ0n) is 13.3. The van der Waals surface area contributed by atoms with Crippen LogP contribution in [0.2, 0.25) is 0 Å². The second-order valence-electron chi connectivity index (χ2n) is 5.40. The molecule has 0 radical (unpaired) electrons. The van der Waals surface area contributed by atoms with Gasteiger partial charge < -0.3 is 10.1 Å². The Morgan fingerprint density at radius 2 is 1.42 bits per heavy atom. The van der Waals surface area contributed by atoms with Crippen LogP contribution in [-0.2, 0) is 6.42 Å². The standard InChI is InChI=1S/C21H19NO2/c23-21(22-16-15-17-9-3-1-4-10-17)19-13-7-8-14-20(19)24-18-11-5-2-6-12-18/h1-14H,15-16H2,(H,22,23). The highest BCUT2D eigenvalue weighted by Crippen LogP contribution is 2.24. The molecule has 3 nitrogen and oxygen atoms in total. The Kier molecular flexibility index (Phi) is 5.25. The molecule has 0 aliphatic rings. The van der Waals surface area contributed by atoms with Crippen molar-refractivity contribution in [1.82, 2.24) is 5.32 Å². The molecular weight excluding hydrogens is 298 g/mol. The van der Waals surface area contributed by atoms with E-state index >= 15 is 0 Å². The number of ether oxygens (including phenoxy) is 1. The van der Waals surface area contributed by atoms with Gasteiger partial charge in [0.05, 0.1) is 5.56 Å². The van der Waals surface area contributed by atoms with Crippen LogP contribution in [0.1, 0.15) is 15.9 Å².